The van der Waals surface area contributed by atoms with Gasteiger partial charge < -0.3 is 9.88 Å². The predicted molar refractivity (Wildman–Crippen MR) is 118 cm³/mol. The maximum Gasteiger partial charge on any atom is 0.262 e. The zero-order chi connectivity index (χ0) is 20.4. The summed E-state index contributed by atoms with van der Waals surface area (Å²) < 4.78 is 1.91. The number of carbonyl (C=O) groups is 1. The number of likely N-dealkylation sites (tertiary alicyclic amines) is 1. The number of piperidine rings is 1. The molecule has 0 bridgehead atoms. The second kappa shape index (κ2) is 8.33. The van der Waals surface area contributed by atoms with Crippen LogP contribution in [-0.4, -0.2) is 33.4 Å². The van der Waals surface area contributed by atoms with E-state index in [9.17, 15) is 9.59 Å². The molecule has 0 aliphatic carbocycles. The van der Waals surface area contributed by atoms with Crippen molar-refractivity contribution in [3.8, 4) is 0 Å². The fourth-order valence-electron chi connectivity index (χ4n) is 4.14. The molecule has 29 heavy (non-hydrogen) atoms. The topological polar surface area (TPSA) is 58.1 Å². The van der Waals surface area contributed by atoms with Crippen molar-refractivity contribution >= 4 is 29.0 Å². The molecule has 1 amide bonds. The van der Waals surface area contributed by atoms with Crippen molar-refractivity contribution < 1.29 is 4.79 Å². The Morgan fingerprint density at radius 1 is 1.14 bits per heavy atom. The van der Waals surface area contributed by atoms with Gasteiger partial charge in [-0.25, -0.2) is 0 Å². The molecular formula is C23H25N3O2S. The normalized spacial score (nSPS) is 15.0. The van der Waals surface area contributed by atoms with E-state index in [0.717, 1.165) is 32.4 Å². The van der Waals surface area contributed by atoms with E-state index in [4.69, 9.17) is 12.2 Å². The average Bonchev–Trinajstić information content (AvgIpc) is 2.74. The maximum absolute atomic E-state index is 13.0. The number of nitrogens with zero attached hydrogens (tertiary/aromatic N) is 2. The molecule has 1 fully saturated rings. The van der Waals surface area contributed by atoms with Gasteiger partial charge >= 0.3 is 0 Å². The second-order valence-electron chi connectivity index (χ2n) is 7.67. The number of carbonyl (C=O) groups excluding carboxylic acids is 1. The summed E-state index contributed by atoms with van der Waals surface area (Å²) in [5.41, 5.74) is 2.46. The van der Waals surface area contributed by atoms with Gasteiger partial charge in [-0.3, -0.25) is 14.2 Å². The van der Waals surface area contributed by atoms with Crippen molar-refractivity contribution in [1.82, 2.24) is 14.5 Å². The Morgan fingerprint density at radius 3 is 2.55 bits per heavy atom. The fourth-order valence-corrected chi connectivity index (χ4v) is 4.47. The molecule has 2 aromatic carbocycles. The van der Waals surface area contributed by atoms with E-state index < -0.39 is 0 Å². The summed E-state index contributed by atoms with van der Waals surface area (Å²) in [7, 11) is 0. The Balaban J connectivity index is 1.48. The molecule has 0 atom stereocenters. The minimum Gasteiger partial charge on any atom is -0.339 e. The molecule has 0 unspecified atom stereocenters. The van der Waals surface area contributed by atoms with Gasteiger partial charge in [0, 0.05) is 25.2 Å². The van der Waals surface area contributed by atoms with Crippen LogP contribution >= 0.6 is 12.2 Å². The third kappa shape index (κ3) is 4.03. The van der Waals surface area contributed by atoms with Crippen molar-refractivity contribution in [2.45, 2.75) is 32.7 Å². The van der Waals surface area contributed by atoms with Crippen molar-refractivity contribution in [1.29, 1.82) is 0 Å². The van der Waals surface area contributed by atoms with Gasteiger partial charge in [0.25, 0.3) is 11.5 Å². The monoisotopic (exact) mass is 407 g/mol. The highest BCUT2D eigenvalue weighted by molar-refractivity contribution is 7.71. The minimum absolute atomic E-state index is 0.0176. The summed E-state index contributed by atoms with van der Waals surface area (Å²) in [5.74, 6) is 0.630. The van der Waals surface area contributed by atoms with Crippen LogP contribution in [-0.2, 0) is 13.0 Å². The Hall–Kier alpha value is -2.73. The number of H-pyrrole nitrogens is 1. The van der Waals surface area contributed by atoms with Crippen LogP contribution in [0.15, 0.2) is 53.3 Å². The van der Waals surface area contributed by atoms with Gasteiger partial charge in [-0.05, 0) is 68.1 Å². The molecule has 1 N–H and O–H groups in total. The van der Waals surface area contributed by atoms with Crippen LogP contribution in [0.2, 0.25) is 0 Å². The number of aromatic nitrogens is 2. The number of fused-ring (bicyclic) bond motifs is 1. The Labute approximate surface area is 175 Å². The van der Waals surface area contributed by atoms with E-state index in [1.54, 1.807) is 18.2 Å². The molecule has 4 rings (SSSR count). The smallest absolute Gasteiger partial charge is 0.262 e. The Morgan fingerprint density at radius 2 is 1.86 bits per heavy atom. The van der Waals surface area contributed by atoms with E-state index in [-0.39, 0.29) is 11.5 Å². The second-order valence-corrected chi connectivity index (χ2v) is 8.05. The lowest BCUT2D eigenvalue weighted by atomic mass is 9.90. The SMILES string of the molecule is CCn1c(=S)[nH]c2cc(C(=O)N3CCC(Cc4ccccc4)CC3)ccc2c1=O. The number of benzene rings is 2. The molecule has 150 valence electrons. The first-order valence-electron chi connectivity index (χ1n) is 10.2. The maximum atomic E-state index is 13.0. The zero-order valence-electron chi connectivity index (χ0n) is 16.6. The molecule has 1 aliphatic rings. The summed E-state index contributed by atoms with van der Waals surface area (Å²) in [6, 6.07) is 15.8. The summed E-state index contributed by atoms with van der Waals surface area (Å²) in [5, 5.41) is 0.554. The molecule has 0 saturated carbocycles. The minimum atomic E-state index is -0.119. The van der Waals surface area contributed by atoms with Gasteiger partial charge in [-0.15, -0.1) is 0 Å². The van der Waals surface area contributed by atoms with Gasteiger partial charge in [-0.2, -0.15) is 0 Å². The molecule has 3 aromatic rings. The van der Waals surface area contributed by atoms with E-state index in [1.165, 1.54) is 10.1 Å². The number of hydrogen-bond acceptors (Lipinski definition) is 3. The number of nitrogens with one attached hydrogen (secondary N) is 1. The van der Waals surface area contributed by atoms with Gasteiger partial charge in [0.15, 0.2) is 4.77 Å². The lowest BCUT2D eigenvalue weighted by molar-refractivity contribution is 0.0690. The van der Waals surface area contributed by atoms with Crippen LogP contribution in [0, 0.1) is 10.7 Å². The van der Waals surface area contributed by atoms with E-state index in [1.807, 2.05) is 17.9 Å². The average molecular weight is 408 g/mol. The zero-order valence-corrected chi connectivity index (χ0v) is 17.4. The predicted octanol–water partition coefficient (Wildman–Crippen LogP) is 4.17. The number of rotatable bonds is 4. The lowest BCUT2D eigenvalue weighted by Gasteiger charge is -2.32. The number of hydrogen-bond donors (Lipinski definition) is 1. The van der Waals surface area contributed by atoms with E-state index in [2.05, 4.69) is 29.2 Å². The first-order valence-corrected chi connectivity index (χ1v) is 10.6. The van der Waals surface area contributed by atoms with Gasteiger partial charge in [-0.1, -0.05) is 30.3 Å². The van der Waals surface area contributed by atoms with Crippen LogP contribution in [0.3, 0.4) is 0 Å². The van der Waals surface area contributed by atoms with E-state index in [0.29, 0.717) is 33.7 Å². The number of amides is 1. The van der Waals surface area contributed by atoms with Gasteiger partial charge in [0.05, 0.1) is 10.9 Å². The molecular weight excluding hydrogens is 382 g/mol. The van der Waals surface area contributed by atoms with Crippen molar-refractivity contribution in [3.63, 3.8) is 0 Å². The highest BCUT2D eigenvalue weighted by Gasteiger charge is 2.24. The summed E-state index contributed by atoms with van der Waals surface area (Å²) in [4.78, 5) is 30.5. The third-order valence-corrected chi connectivity index (χ3v) is 6.14. The van der Waals surface area contributed by atoms with Crippen molar-refractivity contribution in [2.75, 3.05) is 13.1 Å². The quantitative estimate of drug-likeness (QED) is 0.660. The van der Waals surface area contributed by atoms with E-state index >= 15 is 0 Å². The van der Waals surface area contributed by atoms with Crippen LogP contribution in [0.1, 0.15) is 35.7 Å². The summed E-state index contributed by atoms with van der Waals surface area (Å²) >= 11 is 5.28. The highest BCUT2D eigenvalue weighted by atomic mass is 32.1. The van der Waals surface area contributed by atoms with Crippen LogP contribution < -0.4 is 5.56 Å². The molecule has 6 heteroatoms. The van der Waals surface area contributed by atoms with Crippen LogP contribution in [0.4, 0.5) is 0 Å². The molecule has 2 heterocycles. The van der Waals surface area contributed by atoms with Crippen LogP contribution in [0.5, 0.6) is 0 Å². The Kier molecular flexibility index (Phi) is 5.62. The molecule has 1 aromatic heterocycles. The van der Waals surface area contributed by atoms with Crippen LogP contribution in [0.25, 0.3) is 10.9 Å². The summed E-state index contributed by atoms with van der Waals surface area (Å²) in [6.45, 7) is 3.93. The Bertz CT molecular complexity index is 1140. The lowest BCUT2D eigenvalue weighted by Crippen LogP contribution is -2.39. The summed E-state index contributed by atoms with van der Waals surface area (Å²) in [6.07, 6.45) is 3.09. The molecule has 1 saturated heterocycles. The first kappa shape index (κ1) is 19.6. The van der Waals surface area contributed by atoms with Gasteiger partial charge in [0.2, 0.25) is 0 Å². The molecule has 0 spiro atoms. The molecule has 0 radical (unpaired) electrons. The fraction of sp³-hybridized carbons (Fsp3) is 0.348. The largest absolute Gasteiger partial charge is 0.339 e. The highest BCUT2D eigenvalue weighted by Crippen LogP contribution is 2.23. The van der Waals surface area contributed by atoms with Crippen molar-refractivity contribution in [2.24, 2.45) is 5.92 Å². The first-order chi connectivity index (χ1) is 14.1. The van der Waals surface area contributed by atoms with Gasteiger partial charge in [0.1, 0.15) is 0 Å². The van der Waals surface area contributed by atoms with Crippen molar-refractivity contribution in [3.05, 3.63) is 74.8 Å². The standard InChI is InChI=1S/C23H25N3O2S/c1-2-26-22(28)19-9-8-18(15-20(19)24-23(26)29)21(27)25-12-10-17(11-13-25)14-16-6-4-3-5-7-16/h3-9,15,17H,2,10-14H2,1H3,(H,24,29). The number of aromatic amines is 1. The molecule has 5 nitrogen and oxygen atoms in total. The third-order valence-electron chi connectivity index (χ3n) is 5.81. The molecule has 1 aliphatic heterocycles.